The van der Waals surface area contributed by atoms with Crippen molar-refractivity contribution >= 4 is 5.97 Å². The molecule has 2 heterocycles. The third-order valence-corrected chi connectivity index (χ3v) is 12.8. The van der Waals surface area contributed by atoms with Crippen LogP contribution in [-0.2, 0) is 19.1 Å². The van der Waals surface area contributed by atoms with E-state index in [1.54, 1.807) is 6.08 Å². The number of nitrogens with zero attached hydrogens (tertiary/aromatic N) is 1. The molecule has 4 N–H and O–H groups in total. The number of hydroxylamine groups is 2. The zero-order valence-electron chi connectivity index (χ0n) is 25.2. The van der Waals surface area contributed by atoms with E-state index >= 15 is 0 Å². The van der Waals surface area contributed by atoms with E-state index in [2.05, 4.69) is 20.8 Å². The van der Waals surface area contributed by atoms with E-state index in [1.807, 2.05) is 12.0 Å². The molecular weight excluding hydrogens is 526 g/mol. The highest BCUT2D eigenvalue weighted by Gasteiger charge is 2.66. The minimum atomic E-state index is -1.28. The maximum absolute atomic E-state index is 12.5. The Hall–Kier alpha value is -1.07. The Morgan fingerprint density at radius 1 is 1.07 bits per heavy atom. The number of hydrogen-bond donors (Lipinski definition) is 4. The number of esters is 1. The Kier molecular flexibility index (Phi) is 7.91. The maximum atomic E-state index is 12.5. The molecule has 9 heteroatoms. The second-order valence-electron chi connectivity index (χ2n) is 14.8. The van der Waals surface area contributed by atoms with Crippen LogP contribution in [0.4, 0.5) is 0 Å². The first-order valence-corrected chi connectivity index (χ1v) is 16.1. The number of hydrogen-bond acceptors (Lipinski definition) is 9. The molecule has 0 aromatic rings. The Bertz CT molecular complexity index is 1040. The van der Waals surface area contributed by atoms with E-state index < -0.39 is 30.1 Å². The van der Waals surface area contributed by atoms with Gasteiger partial charge in [0.25, 0.3) is 0 Å². The van der Waals surface area contributed by atoms with Crippen molar-refractivity contribution < 1.29 is 39.5 Å². The van der Waals surface area contributed by atoms with Gasteiger partial charge < -0.3 is 29.9 Å². The van der Waals surface area contributed by atoms with Crippen LogP contribution in [0.1, 0.15) is 91.9 Å². The number of carbonyl (C=O) groups is 1. The van der Waals surface area contributed by atoms with Gasteiger partial charge in [0.05, 0.1) is 18.3 Å². The summed E-state index contributed by atoms with van der Waals surface area (Å²) in [7, 11) is 0. The highest BCUT2D eigenvalue weighted by molar-refractivity contribution is 5.85. The number of ether oxygens (including phenoxy) is 2. The second kappa shape index (κ2) is 10.8. The first-order valence-electron chi connectivity index (χ1n) is 16.1. The zero-order valence-corrected chi connectivity index (χ0v) is 25.2. The average Bonchev–Trinajstić information content (AvgIpc) is 3.50. The van der Waals surface area contributed by atoms with Crippen LogP contribution < -0.4 is 0 Å². The molecule has 5 fully saturated rings. The fourth-order valence-electron chi connectivity index (χ4n) is 10.1. The lowest BCUT2D eigenvalue weighted by molar-refractivity contribution is -0.347. The van der Waals surface area contributed by atoms with Crippen molar-refractivity contribution in [2.24, 2.45) is 34.5 Å². The summed E-state index contributed by atoms with van der Waals surface area (Å²) in [5.74, 6) is 1.09. The second-order valence-corrected chi connectivity index (χ2v) is 14.8. The van der Waals surface area contributed by atoms with Crippen molar-refractivity contribution in [1.82, 2.24) is 5.06 Å². The molecule has 1 saturated heterocycles. The molecule has 6 rings (SSSR count). The monoisotopic (exact) mass is 577 g/mol. The molecular formula is C32H51NO8. The van der Waals surface area contributed by atoms with Crippen LogP contribution in [0.3, 0.4) is 0 Å². The summed E-state index contributed by atoms with van der Waals surface area (Å²) in [6, 6.07) is 0.0281. The number of fused-ring (bicyclic) bond motifs is 5. The number of aliphatic hydroxyl groups is 4. The van der Waals surface area contributed by atoms with E-state index in [0.717, 1.165) is 69.8 Å². The van der Waals surface area contributed by atoms with Gasteiger partial charge in [-0.25, -0.2) is 4.79 Å². The maximum Gasteiger partial charge on any atom is 0.331 e. The highest BCUT2D eigenvalue weighted by atomic mass is 16.7. The highest BCUT2D eigenvalue weighted by Crippen LogP contribution is 2.69. The van der Waals surface area contributed by atoms with Crippen LogP contribution in [0.2, 0.25) is 0 Å². The predicted molar refractivity (Wildman–Crippen MR) is 150 cm³/mol. The third kappa shape index (κ3) is 4.82. The van der Waals surface area contributed by atoms with Crippen LogP contribution in [-0.4, -0.2) is 87.0 Å². The van der Waals surface area contributed by atoms with Gasteiger partial charge in [-0.05, 0) is 111 Å². The fraction of sp³-hybridized carbons (Fsp3) is 0.906. The van der Waals surface area contributed by atoms with Gasteiger partial charge >= 0.3 is 5.97 Å². The zero-order chi connectivity index (χ0) is 29.3. The van der Waals surface area contributed by atoms with Crippen molar-refractivity contribution in [2.45, 2.75) is 134 Å². The van der Waals surface area contributed by atoms with Gasteiger partial charge in [0, 0.05) is 12.1 Å². The molecule has 0 aromatic heterocycles. The minimum Gasteiger partial charge on any atom is -0.458 e. The molecule has 0 amide bonds. The van der Waals surface area contributed by atoms with Gasteiger partial charge in [-0.1, -0.05) is 20.8 Å². The van der Waals surface area contributed by atoms with Crippen LogP contribution in [0.15, 0.2) is 11.6 Å². The summed E-state index contributed by atoms with van der Waals surface area (Å²) in [6.07, 6.45) is 6.47. The van der Waals surface area contributed by atoms with Crippen LogP contribution in [0, 0.1) is 34.5 Å². The van der Waals surface area contributed by atoms with Gasteiger partial charge in [0.15, 0.2) is 6.23 Å². The number of carbonyl (C=O) groups excluding carboxylic acids is 1. The van der Waals surface area contributed by atoms with E-state index in [-0.39, 0.29) is 47.4 Å². The third-order valence-electron chi connectivity index (χ3n) is 12.8. The molecule has 0 aromatic carbocycles. The van der Waals surface area contributed by atoms with E-state index in [1.165, 1.54) is 0 Å². The molecule has 0 spiro atoms. The van der Waals surface area contributed by atoms with Crippen LogP contribution in [0.25, 0.3) is 0 Å². The lowest BCUT2D eigenvalue weighted by atomic mass is 9.44. The van der Waals surface area contributed by atoms with Crippen LogP contribution in [0.5, 0.6) is 0 Å². The average molecular weight is 578 g/mol. The molecule has 0 bridgehead atoms. The molecule has 9 nitrogen and oxygen atoms in total. The standard InChI is InChI=1S/C32H51NO8/c1-5-18(2)41-33(29-28(37)27(36)25(34)17-40-29)22-8-11-31(4)21(13-22)6-7-24-23(31)9-10-30(3)14-20(15-32(24,30)38)19-12-26(35)39-16-19/h12,18,20-25,27-29,34,36-38H,5-11,13-17H2,1-4H3/t18?,20-,21?,22+,23?,24?,25+,27-,28+,29+,30-,31+,32+/m1/s1. The van der Waals surface area contributed by atoms with Gasteiger partial charge in [0.1, 0.15) is 24.9 Å². The lowest BCUT2D eigenvalue weighted by Gasteiger charge is -2.63. The molecule has 2 aliphatic heterocycles. The van der Waals surface area contributed by atoms with Crippen molar-refractivity contribution in [2.75, 3.05) is 13.2 Å². The van der Waals surface area contributed by atoms with Crippen molar-refractivity contribution in [1.29, 1.82) is 0 Å². The predicted octanol–water partition coefficient (Wildman–Crippen LogP) is 3.08. The molecule has 41 heavy (non-hydrogen) atoms. The SMILES string of the molecule is CCC(C)ON([C@H]1CC[C@@]2(C)C(CCC3C2CC[C@]2(C)C[C@@H](C4=CC(=O)OC4)C[C@]32O)C1)[C@H]1OC[C@H](O)[C@@H](O)[C@@H]1O. The minimum absolute atomic E-state index is 0.0281. The van der Waals surface area contributed by atoms with Gasteiger partial charge in [-0.3, -0.25) is 4.84 Å². The smallest absolute Gasteiger partial charge is 0.331 e. The van der Waals surface area contributed by atoms with Crippen molar-refractivity contribution in [3.05, 3.63) is 11.6 Å². The molecule has 4 saturated carbocycles. The summed E-state index contributed by atoms with van der Waals surface area (Å²) in [5, 5.41) is 45.7. The summed E-state index contributed by atoms with van der Waals surface area (Å²) >= 11 is 0. The molecule has 232 valence electrons. The summed E-state index contributed by atoms with van der Waals surface area (Å²) < 4.78 is 11.1. The summed E-state index contributed by atoms with van der Waals surface area (Å²) in [6.45, 7) is 9.11. The Balaban J connectivity index is 1.20. The van der Waals surface area contributed by atoms with Crippen molar-refractivity contribution in [3.8, 4) is 0 Å². The summed E-state index contributed by atoms with van der Waals surface area (Å²) in [5.41, 5.74) is 0.277. The summed E-state index contributed by atoms with van der Waals surface area (Å²) in [4.78, 5) is 18.2. The number of cyclic esters (lactones) is 1. The van der Waals surface area contributed by atoms with Crippen molar-refractivity contribution in [3.63, 3.8) is 0 Å². The Morgan fingerprint density at radius 2 is 1.85 bits per heavy atom. The van der Waals surface area contributed by atoms with Gasteiger partial charge in [0.2, 0.25) is 0 Å². The Morgan fingerprint density at radius 3 is 2.56 bits per heavy atom. The molecule has 6 aliphatic rings. The number of rotatable bonds is 6. The molecule has 0 radical (unpaired) electrons. The topological polar surface area (TPSA) is 129 Å². The Labute approximate surface area is 244 Å². The fourth-order valence-corrected chi connectivity index (χ4v) is 10.1. The molecule has 13 atom stereocenters. The quantitative estimate of drug-likeness (QED) is 0.278. The molecule has 4 aliphatic carbocycles. The lowest BCUT2D eigenvalue weighted by Crippen LogP contribution is -2.64. The first-order chi connectivity index (χ1) is 19.4. The first kappa shape index (κ1) is 30.0. The normalized spacial score (nSPS) is 50.5. The number of aliphatic hydroxyl groups excluding tert-OH is 3. The van der Waals surface area contributed by atoms with Crippen LogP contribution >= 0.6 is 0 Å². The molecule has 4 unspecified atom stereocenters. The largest absolute Gasteiger partial charge is 0.458 e. The van der Waals surface area contributed by atoms with Gasteiger partial charge in [-0.2, -0.15) is 5.06 Å². The van der Waals surface area contributed by atoms with E-state index in [4.69, 9.17) is 14.3 Å². The van der Waals surface area contributed by atoms with E-state index in [9.17, 15) is 25.2 Å². The van der Waals surface area contributed by atoms with Gasteiger partial charge in [-0.15, -0.1) is 0 Å². The van der Waals surface area contributed by atoms with E-state index in [0.29, 0.717) is 18.4 Å².